The number of rotatable bonds is 1. The summed E-state index contributed by atoms with van der Waals surface area (Å²) in [5.74, 6) is -0.148. The van der Waals surface area contributed by atoms with Crippen molar-refractivity contribution in [3.8, 4) is 0 Å². The topological polar surface area (TPSA) is 26.3 Å². The molecule has 0 atom stereocenters. The summed E-state index contributed by atoms with van der Waals surface area (Å²) in [7, 11) is 1.42. The van der Waals surface area contributed by atoms with Crippen molar-refractivity contribution in [1.29, 1.82) is 0 Å². The minimum absolute atomic E-state index is 0.148. The maximum atomic E-state index is 11.1. The average molecular weight is 141 g/mol. The average Bonchev–Trinajstić information content (AvgIpc) is 2.36. The molecule has 0 amide bonds. The Morgan fingerprint density at radius 2 is 2.00 bits per heavy atom. The highest BCUT2D eigenvalue weighted by Gasteiger charge is 2.37. The van der Waals surface area contributed by atoms with Crippen LogP contribution < -0.4 is 0 Å². The Morgan fingerprint density at radius 1 is 1.50 bits per heavy atom. The van der Waals surface area contributed by atoms with Crippen molar-refractivity contribution >= 4 is 5.97 Å². The van der Waals surface area contributed by atoms with E-state index in [2.05, 4.69) is 11.7 Å². The third kappa shape index (κ3) is 1.15. The predicted molar refractivity (Wildman–Crippen MR) is 38.3 cm³/mol. The first-order valence-electron chi connectivity index (χ1n) is 3.63. The van der Waals surface area contributed by atoms with Gasteiger partial charge in [-0.15, -0.1) is 0 Å². The summed E-state index contributed by atoms with van der Waals surface area (Å²) in [6.45, 7) is 3.87. The maximum Gasteiger partial charge on any atom is 0.311 e. The smallest absolute Gasteiger partial charge is 0.311 e. The monoisotopic (exact) mass is 141 g/mol. The van der Waals surface area contributed by atoms with Crippen LogP contribution in [0.3, 0.4) is 0 Å². The molecular weight excluding hydrogens is 128 g/mol. The molecule has 2 nitrogen and oxygen atoms in total. The van der Waals surface area contributed by atoms with Crippen LogP contribution in [-0.4, -0.2) is 13.1 Å². The zero-order chi connectivity index (χ0) is 7.61. The number of hydrogen-bond donors (Lipinski definition) is 0. The molecule has 1 fully saturated rings. The number of ether oxygens (including phenoxy) is 1. The summed E-state index contributed by atoms with van der Waals surface area (Å²) in [5.41, 5.74) is -0.408. The van der Waals surface area contributed by atoms with Gasteiger partial charge in [0, 0.05) is 0 Å². The number of hydrogen-bond acceptors (Lipinski definition) is 2. The van der Waals surface area contributed by atoms with Crippen LogP contribution in [0.5, 0.6) is 0 Å². The summed E-state index contributed by atoms with van der Waals surface area (Å²) in [6, 6.07) is 0. The lowest BCUT2D eigenvalue weighted by atomic mass is 9.89. The van der Waals surface area contributed by atoms with Crippen molar-refractivity contribution in [2.75, 3.05) is 7.11 Å². The second-order valence-corrected chi connectivity index (χ2v) is 2.98. The van der Waals surface area contributed by atoms with Crippen LogP contribution >= 0.6 is 0 Å². The molecule has 0 saturated heterocycles. The molecule has 0 bridgehead atoms. The molecule has 0 spiro atoms. The fraction of sp³-hybridized carbons (Fsp3) is 0.750. The maximum absolute atomic E-state index is 11.1. The Balaban J connectivity index is 2.58. The Bertz CT molecular complexity index is 134. The molecule has 0 aromatic carbocycles. The van der Waals surface area contributed by atoms with Crippen LogP contribution in [0.2, 0.25) is 0 Å². The second kappa shape index (κ2) is 2.60. The molecule has 10 heavy (non-hydrogen) atoms. The van der Waals surface area contributed by atoms with Gasteiger partial charge in [-0.3, -0.25) is 4.79 Å². The van der Waals surface area contributed by atoms with E-state index in [4.69, 9.17) is 0 Å². The summed E-state index contributed by atoms with van der Waals surface area (Å²) in [4.78, 5) is 11.1. The standard InChI is InChI=1S/C8H13O2/c1-8(7(9)10-2)5-3-4-6-8/h1,3-6H2,2H3. The van der Waals surface area contributed by atoms with Crippen molar-refractivity contribution in [3.05, 3.63) is 6.92 Å². The first-order valence-corrected chi connectivity index (χ1v) is 3.63. The molecule has 1 radical (unpaired) electrons. The van der Waals surface area contributed by atoms with E-state index < -0.39 is 5.41 Å². The Hall–Kier alpha value is -0.530. The van der Waals surface area contributed by atoms with Crippen molar-refractivity contribution in [2.45, 2.75) is 25.7 Å². The Morgan fingerprint density at radius 3 is 2.40 bits per heavy atom. The van der Waals surface area contributed by atoms with Gasteiger partial charge in [-0.1, -0.05) is 12.8 Å². The molecule has 0 N–H and O–H groups in total. The first-order chi connectivity index (χ1) is 4.69. The minimum Gasteiger partial charge on any atom is -0.469 e. The summed E-state index contributed by atoms with van der Waals surface area (Å²) >= 11 is 0. The highest BCUT2D eigenvalue weighted by Crippen LogP contribution is 2.37. The molecule has 0 aromatic rings. The number of carbonyl (C=O) groups excluding carboxylic acids is 1. The fourth-order valence-corrected chi connectivity index (χ4v) is 1.47. The van der Waals surface area contributed by atoms with E-state index in [1.807, 2.05) is 0 Å². The van der Waals surface area contributed by atoms with Gasteiger partial charge in [-0.2, -0.15) is 0 Å². The molecule has 2 heteroatoms. The SMILES string of the molecule is [CH2]C1(C(=O)OC)CCCC1. The van der Waals surface area contributed by atoms with E-state index in [-0.39, 0.29) is 5.97 Å². The molecule has 1 saturated carbocycles. The second-order valence-electron chi connectivity index (χ2n) is 2.98. The van der Waals surface area contributed by atoms with Crippen LogP contribution in [0.25, 0.3) is 0 Å². The Labute approximate surface area is 61.6 Å². The fourth-order valence-electron chi connectivity index (χ4n) is 1.47. The van der Waals surface area contributed by atoms with Crippen LogP contribution in [0.4, 0.5) is 0 Å². The number of esters is 1. The first kappa shape index (κ1) is 7.58. The summed E-state index contributed by atoms with van der Waals surface area (Å²) in [5, 5.41) is 0. The van der Waals surface area contributed by atoms with Gasteiger partial charge in [0.1, 0.15) is 0 Å². The van der Waals surface area contributed by atoms with Gasteiger partial charge in [-0.25, -0.2) is 0 Å². The van der Waals surface area contributed by atoms with Gasteiger partial charge in [-0.05, 0) is 19.8 Å². The molecule has 0 aliphatic heterocycles. The lowest BCUT2D eigenvalue weighted by Crippen LogP contribution is -2.25. The van der Waals surface area contributed by atoms with E-state index >= 15 is 0 Å². The molecule has 1 aliphatic rings. The lowest BCUT2D eigenvalue weighted by molar-refractivity contribution is -0.149. The van der Waals surface area contributed by atoms with E-state index in [1.165, 1.54) is 7.11 Å². The third-order valence-corrected chi connectivity index (χ3v) is 2.18. The molecule has 57 valence electrons. The highest BCUT2D eigenvalue weighted by molar-refractivity contribution is 5.77. The normalized spacial score (nSPS) is 22.6. The van der Waals surface area contributed by atoms with E-state index in [1.54, 1.807) is 0 Å². The van der Waals surface area contributed by atoms with Gasteiger partial charge < -0.3 is 4.74 Å². The lowest BCUT2D eigenvalue weighted by Gasteiger charge is -2.18. The molecule has 0 aromatic heterocycles. The van der Waals surface area contributed by atoms with Crippen molar-refractivity contribution < 1.29 is 9.53 Å². The minimum atomic E-state index is -0.408. The molecule has 0 unspecified atom stereocenters. The van der Waals surface area contributed by atoms with Gasteiger partial charge in [0.25, 0.3) is 0 Å². The summed E-state index contributed by atoms with van der Waals surface area (Å²) < 4.78 is 4.64. The zero-order valence-electron chi connectivity index (χ0n) is 6.35. The number of methoxy groups -OCH3 is 1. The number of carbonyl (C=O) groups is 1. The van der Waals surface area contributed by atoms with Gasteiger partial charge in [0.2, 0.25) is 0 Å². The van der Waals surface area contributed by atoms with Gasteiger partial charge in [0.15, 0.2) is 0 Å². The van der Waals surface area contributed by atoms with Crippen molar-refractivity contribution in [3.63, 3.8) is 0 Å². The molecule has 1 rings (SSSR count). The third-order valence-electron chi connectivity index (χ3n) is 2.18. The highest BCUT2D eigenvalue weighted by atomic mass is 16.5. The summed E-state index contributed by atoms with van der Waals surface area (Å²) in [6.07, 6.45) is 4.00. The molecule has 1 aliphatic carbocycles. The van der Waals surface area contributed by atoms with Crippen LogP contribution in [0.15, 0.2) is 0 Å². The Kier molecular flexibility index (Phi) is 1.97. The largest absolute Gasteiger partial charge is 0.469 e. The van der Waals surface area contributed by atoms with Crippen LogP contribution in [0.1, 0.15) is 25.7 Å². The van der Waals surface area contributed by atoms with E-state index in [0.29, 0.717) is 0 Å². The van der Waals surface area contributed by atoms with Gasteiger partial charge >= 0.3 is 5.97 Å². The quantitative estimate of drug-likeness (QED) is 0.518. The van der Waals surface area contributed by atoms with Crippen molar-refractivity contribution in [1.82, 2.24) is 0 Å². The van der Waals surface area contributed by atoms with Gasteiger partial charge in [0.05, 0.1) is 12.5 Å². The van der Waals surface area contributed by atoms with Crippen molar-refractivity contribution in [2.24, 2.45) is 5.41 Å². The molecule has 0 heterocycles. The zero-order valence-corrected chi connectivity index (χ0v) is 6.35. The molecular formula is C8H13O2. The predicted octanol–water partition coefficient (Wildman–Crippen LogP) is 1.55. The van der Waals surface area contributed by atoms with E-state index in [9.17, 15) is 4.79 Å². The van der Waals surface area contributed by atoms with Crippen LogP contribution in [-0.2, 0) is 9.53 Å². The van der Waals surface area contributed by atoms with E-state index in [0.717, 1.165) is 25.7 Å². The van der Waals surface area contributed by atoms with Crippen LogP contribution in [0, 0.1) is 12.3 Å².